The van der Waals surface area contributed by atoms with Gasteiger partial charge in [0.05, 0.1) is 9.17 Å². The van der Waals surface area contributed by atoms with E-state index in [0.29, 0.717) is 4.47 Å². The van der Waals surface area contributed by atoms with Gasteiger partial charge in [-0.2, -0.15) is 0 Å². The smallest absolute Gasteiger partial charge is 0.339 e. The van der Waals surface area contributed by atoms with Crippen LogP contribution >= 0.6 is 27.3 Å². The molecule has 72 valence electrons. The van der Waals surface area contributed by atoms with Gasteiger partial charge in [0, 0.05) is 0 Å². The molecule has 2 rings (SSSR count). The summed E-state index contributed by atoms with van der Waals surface area (Å²) in [7, 11) is 0. The van der Waals surface area contributed by atoms with Crippen LogP contribution in [0, 0.1) is 0 Å². The minimum Gasteiger partial charge on any atom is -0.506 e. The van der Waals surface area contributed by atoms with Crippen LogP contribution in [0.15, 0.2) is 22.0 Å². The second kappa shape index (κ2) is 3.25. The number of benzene rings is 1. The summed E-state index contributed by atoms with van der Waals surface area (Å²) in [6, 6.07) is 3.28. The van der Waals surface area contributed by atoms with Gasteiger partial charge in [-0.05, 0) is 38.8 Å². The number of carboxylic acids is 1. The number of aromatic carboxylic acids is 1. The lowest BCUT2D eigenvalue weighted by Crippen LogP contribution is -1.96. The number of phenols is 1. The van der Waals surface area contributed by atoms with Crippen molar-refractivity contribution < 1.29 is 15.0 Å². The van der Waals surface area contributed by atoms with Crippen molar-refractivity contribution in [3.05, 3.63) is 27.5 Å². The van der Waals surface area contributed by atoms with E-state index in [1.54, 1.807) is 0 Å². The molecule has 0 atom stereocenters. The van der Waals surface area contributed by atoms with Crippen molar-refractivity contribution in [3.63, 3.8) is 0 Å². The number of hydrogen-bond donors (Lipinski definition) is 2. The highest BCUT2D eigenvalue weighted by Crippen LogP contribution is 2.38. The molecule has 0 spiro atoms. The van der Waals surface area contributed by atoms with E-state index in [1.807, 2.05) is 11.4 Å². The minimum atomic E-state index is -1.13. The van der Waals surface area contributed by atoms with Gasteiger partial charge < -0.3 is 10.2 Å². The molecule has 1 heterocycles. The molecule has 0 aliphatic carbocycles. The van der Waals surface area contributed by atoms with E-state index in [9.17, 15) is 9.90 Å². The first-order chi connectivity index (χ1) is 6.61. The van der Waals surface area contributed by atoms with Crippen molar-refractivity contribution in [1.82, 2.24) is 0 Å². The molecule has 14 heavy (non-hydrogen) atoms. The molecule has 0 radical (unpaired) electrons. The predicted octanol–water partition coefficient (Wildman–Crippen LogP) is 3.07. The van der Waals surface area contributed by atoms with Gasteiger partial charge in [0.2, 0.25) is 0 Å². The molecule has 0 aliphatic rings. The zero-order valence-electron chi connectivity index (χ0n) is 6.82. The van der Waals surface area contributed by atoms with E-state index in [1.165, 1.54) is 17.4 Å². The molecule has 3 nitrogen and oxygen atoms in total. The SMILES string of the molecule is O=C(O)c1cc2ccsc2c(Br)c1O. The largest absolute Gasteiger partial charge is 0.506 e. The molecule has 0 aliphatic heterocycles. The van der Waals surface area contributed by atoms with Gasteiger partial charge in [0.15, 0.2) is 0 Å². The van der Waals surface area contributed by atoms with Crippen molar-refractivity contribution >= 4 is 43.3 Å². The van der Waals surface area contributed by atoms with Gasteiger partial charge in [-0.25, -0.2) is 4.79 Å². The van der Waals surface area contributed by atoms with Crippen molar-refractivity contribution in [2.45, 2.75) is 0 Å². The molecule has 2 aromatic rings. The Kier molecular flexibility index (Phi) is 2.20. The Morgan fingerprint density at radius 2 is 2.21 bits per heavy atom. The van der Waals surface area contributed by atoms with Gasteiger partial charge in [-0.1, -0.05) is 0 Å². The second-order valence-electron chi connectivity index (χ2n) is 2.73. The fourth-order valence-electron chi connectivity index (χ4n) is 1.22. The van der Waals surface area contributed by atoms with Crippen molar-refractivity contribution in [3.8, 4) is 5.75 Å². The third-order valence-electron chi connectivity index (χ3n) is 1.89. The third kappa shape index (κ3) is 1.29. The number of carbonyl (C=O) groups is 1. The van der Waals surface area contributed by atoms with Crippen LogP contribution in [0.4, 0.5) is 0 Å². The first-order valence-electron chi connectivity index (χ1n) is 3.73. The Hall–Kier alpha value is -1.07. The Bertz CT molecular complexity index is 518. The van der Waals surface area contributed by atoms with Crippen LogP contribution in [-0.2, 0) is 0 Å². The second-order valence-corrected chi connectivity index (χ2v) is 4.44. The summed E-state index contributed by atoms with van der Waals surface area (Å²) in [6.07, 6.45) is 0. The van der Waals surface area contributed by atoms with Gasteiger partial charge in [-0.15, -0.1) is 11.3 Å². The van der Waals surface area contributed by atoms with Crippen LogP contribution in [0.2, 0.25) is 0 Å². The third-order valence-corrected chi connectivity index (χ3v) is 3.87. The summed E-state index contributed by atoms with van der Waals surface area (Å²) in [5.74, 6) is -1.34. The highest BCUT2D eigenvalue weighted by molar-refractivity contribution is 9.10. The molecule has 0 saturated heterocycles. The van der Waals surface area contributed by atoms with E-state index < -0.39 is 5.97 Å². The maximum absolute atomic E-state index is 10.8. The Labute approximate surface area is 91.7 Å². The summed E-state index contributed by atoms with van der Waals surface area (Å²) in [5, 5.41) is 21.0. The van der Waals surface area contributed by atoms with Crippen molar-refractivity contribution in [2.24, 2.45) is 0 Å². The van der Waals surface area contributed by atoms with Crippen LogP contribution in [0.25, 0.3) is 10.1 Å². The molecule has 0 fully saturated rings. The maximum Gasteiger partial charge on any atom is 0.339 e. The van der Waals surface area contributed by atoms with Gasteiger partial charge in [-0.3, -0.25) is 0 Å². The lowest BCUT2D eigenvalue weighted by molar-refractivity contribution is 0.0694. The fraction of sp³-hybridized carbons (Fsp3) is 0. The molecule has 0 saturated carbocycles. The number of hydrogen-bond acceptors (Lipinski definition) is 3. The zero-order valence-corrected chi connectivity index (χ0v) is 9.22. The number of thiophene rings is 1. The number of carboxylic acid groups (broad SMARTS) is 1. The fourth-order valence-corrected chi connectivity index (χ4v) is 2.76. The quantitative estimate of drug-likeness (QED) is 0.839. The highest BCUT2D eigenvalue weighted by Gasteiger charge is 2.16. The first-order valence-corrected chi connectivity index (χ1v) is 5.40. The Balaban J connectivity index is 2.87. The van der Waals surface area contributed by atoms with E-state index >= 15 is 0 Å². The molecule has 0 unspecified atom stereocenters. The van der Waals surface area contributed by atoms with Crippen molar-refractivity contribution in [2.75, 3.05) is 0 Å². The number of aromatic hydroxyl groups is 1. The summed E-state index contributed by atoms with van der Waals surface area (Å²) < 4.78 is 1.30. The Morgan fingerprint density at radius 1 is 1.50 bits per heavy atom. The minimum absolute atomic E-state index is 0.0808. The van der Waals surface area contributed by atoms with Gasteiger partial charge in [0.1, 0.15) is 11.3 Å². The topological polar surface area (TPSA) is 57.5 Å². The standard InChI is InChI=1S/C9H5BrO3S/c10-6-7(11)5(9(12)13)3-4-1-2-14-8(4)6/h1-3,11H,(H,12,13). The summed E-state index contributed by atoms with van der Waals surface area (Å²) in [6.45, 7) is 0. The predicted molar refractivity (Wildman–Crippen MR) is 58.1 cm³/mol. The van der Waals surface area contributed by atoms with Crippen LogP contribution < -0.4 is 0 Å². The molecule has 5 heteroatoms. The highest BCUT2D eigenvalue weighted by atomic mass is 79.9. The number of fused-ring (bicyclic) bond motifs is 1. The molecule has 1 aromatic carbocycles. The molecule has 2 N–H and O–H groups in total. The van der Waals surface area contributed by atoms with E-state index in [4.69, 9.17) is 5.11 Å². The lowest BCUT2D eigenvalue weighted by atomic mass is 10.1. The first kappa shape index (κ1) is 9.48. The van der Waals surface area contributed by atoms with Crippen LogP contribution in [-0.4, -0.2) is 16.2 Å². The molecule has 0 bridgehead atoms. The molecule has 1 aromatic heterocycles. The number of rotatable bonds is 1. The summed E-state index contributed by atoms with van der Waals surface area (Å²) in [5.41, 5.74) is -0.0808. The summed E-state index contributed by atoms with van der Waals surface area (Å²) >= 11 is 4.62. The molecular weight excluding hydrogens is 268 g/mol. The van der Waals surface area contributed by atoms with Gasteiger partial charge >= 0.3 is 5.97 Å². The van der Waals surface area contributed by atoms with Crippen LogP contribution in [0.1, 0.15) is 10.4 Å². The number of halogens is 1. The van der Waals surface area contributed by atoms with Gasteiger partial charge in [0.25, 0.3) is 0 Å². The van der Waals surface area contributed by atoms with Crippen molar-refractivity contribution in [1.29, 1.82) is 0 Å². The van der Waals surface area contributed by atoms with E-state index in [0.717, 1.165) is 10.1 Å². The van der Waals surface area contributed by atoms with Crippen LogP contribution in [0.3, 0.4) is 0 Å². The molecule has 0 amide bonds. The van der Waals surface area contributed by atoms with Crippen LogP contribution in [0.5, 0.6) is 5.75 Å². The van der Waals surface area contributed by atoms with E-state index in [2.05, 4.69) is 15.9 Å². The Morgan fingerprint density at radius 3 is 2.86 bits per heavy atom. The monoisotopic (exact) mass is 272 g/mol. The zero-order chi connectivity index (χ0) is 10.3. The average Bonchev–Trinajstić information content (AvgIpc) is 2.58. The summed E-state index contributed by atoms with van der Waals surface area (Å²) in [4.78, 5) is 10.8. The van der Waals surface area contributed by atoms with E-state index in [-0.39, 0.29) is 11.3 Å². The molecular formula is C9H5BrO3S. The lowest BCUT2D eigenvalue weighted by Gasteiger charge is -2.02. The maximum atomic E-state index is 10.8. The normalized spacial score (nSPS) is 10.6. The average molecular weight is 273 g/mol.